The molecule has 7 aliphatic carbocycles. The van der Waals surface area contributed by atoms with Gasteiger partial charge in [0.1, 0.15) is 19.0 Å². The van der Waals surface area contributed by atoms with E-state index in [1.54, 1.807) is 6.92 Å². The third-order valence-corrected chi connectivity index (χ3v) is 23.7. The maximum atomic E-state index is 14.3. The van der Waals surface area contributed by atoms with Crippen molar-refractivity contribution < 1.29 is 34.1 Å². The van der Waals surface area contributed by atoms with Crippen LogP contribution in [0, 0.1) is 85.2 Å². The van der Waals surface area contributed by atoms with Crippen molar-refractivity contribution in [3.63, 3.8) is 0 Å². The largest absolute Gasteiger partial charge is 0.462 e. The second-order valence-corrected chi connectivity index (χ2v) is 27.6. The highest BCUT2D eigenvalue weighted by Gasteiger charge is 2.71. The maximum Gasteiger partial charge on any atom is 0.333 e. The molecule has 7 heteroatoms. The molecule has 0 aromatic carbocycles. The summed E-state index contributed by atoms with van der Waals surface area (Å²) in [5, 5.41) is 23.3. The molecule has 0 aromatic rings. The minimum atomic E-state index is -0.998. The van der Waals surface area contributed by atoms with E-state index in [9.17, 15) is 24.6 Å². The molecule has 0 radical (unpaired) electrons. The van der Waals surface area contributed by atoms with Crippen LogP contribution in [0.1, 0.15) is 225 Å². The van der Waals surface area contributed by atoms with E-state index >= 15 is 0 Å². The molecule has 0 bridgehead atoms. The summed E-state index contributed by atoms with van der Waals surface area (Å²) in [7, 11) is 0. The van der Waals surface area contributed by atoms with E-state index in [1.165, 1.54) is 49.7 Å². The van der Waals surface area contributed by atoms with E-state index in [0.717, 1.165) is 101 Å². The van der Waals surface area contributed by atoms with Gasteiger partial charge in [-0.3, -0.25) is 9.59 Å². The lowest BCUT2D eigenvalue weighted by molar-refractivity contribution is -0.259. The van der Waals surface area contributed by atoms with Gasteiger partial charge in [0, 0.05) is 17.4 Å². The Balaban J connectivity index is 0.852. The second-order valence-electron chi connectivity index (χ2n) is 27.6. The predicted octanol–water partition coefficient (Wildman–Crippen LogP) is 14.5. The lowest BCUT2D eigenvalue weighted by Gasteiger charge is -2.73. The highest BCUT2D eigenvalue weighted by Crippen LogP contribution is 2.77. The van der Waals surface area contributed by atoms with Gasteiger partial charge in [-0.05, 0) is 231 Å². The van der Waals surface area contributed by atoms with Crippen molar-refractivity contribution in [1.82, 2.24) is 0 Å². The second kappa shape index (κ2) is 19.9. The van der Waals surface area contributed by atoms with Gasteiger partial charge in [0.05, 0.1) is 17.1 Å². The number of ketones is 1. The van der Waals surface area contributed by atoms with Crippen LogP contribution >= 0.6 is 0 Å². The van der Waals surface area contributed by atoms with Gasteiger partial charge in [-0.2, -0.15) is 0 Å². The molecule has 7 aliphatic rings. The van der Waals surface area contributed by atoms with Crippen LogP contribution in [0.15, 0.2) is 34.9 Å². The first-order valence-electron chi connectivity index (χ1n) is 28.4. The van der Waals surface area contributed by atoms with Crippen LogP contribution < -0.4 is 0 Å². The highest BCUT2D eigenvalue weighted by molar-refractivity contribution is 5.87. The van der Waals surface area contributed by atoms with Crippen LogP contribution in [0.2, 0.25) is 0 Å². The average Bonchev–Trinajstić information content (AvgIpc) is 3.27. The molecule has 0 saturated heterocycles. The number of esters is 2. The van der Waals surface area contributed by atoms with Crippen molar-refractivity contribution in [1.29, 1.82) is 0 Å². The molecule has 0 heterocycles. The van der Waals surface area contributed by atoms with Gasteiger partial charge in [-0.25, -0.2) is 4.79 Å². The molecule has 16 atom stereocenters. The van der Waals surface area contributed by atoms with Gasteiger partial charge in [0.25, 0.3) is 0 Å². The fourth-order valence-corrected chi connectivity index (χ4v) is 19.0. The number of carbonyl (C=O) groups excluding carboxylic acids is 3. The van der Waals surface area contributed by atoms with Gasteiger partial charge in [-0.15, -0.1) is 0 Å². The van der Waals surface area contributed by atoms with Crippen LogP contribution in [0.3, 0.4) is 0 Å². The van der Waals surface area contributed by atoms with Crippen molar-refractivity contribution in [3.05, 3.63) is 34.9 Å². The van der Waals surface area contributed by atoms with E-state index in [0.29, 0.717) is 41.4 Å². The third kappa shape index (κ3) is 9.50. The Morgan fingerprint density at radius 2 is 1.29 bits per heavy atom. The number of aliphatic hydroxyl groups excluding tert-OH is 1. The molecule has 7 nitrogen and oxygen atoms in total. The highest BCUT2D eigenvalue weighted by atomic mass is 16.6. The van der Waals surface area contributed by atoms with Gasteiger partial charge >= 0.3 is 11.9 Å². The van der Waals surface area contributed by atoms with E-state index in [1.807, 2.05) is 19.9 Å². The molecule has 7 saturated carbocycles. The zero-order valence-electron chi connectivity index (χ0n) is 46.4. The van der Waals surface area contributed by atoms with Crippen LogP contribution in [0.4, 0.5) is 0 Å². The van der Waals surface area contributed by atoms with Crippen molar-refractivity contribution in [3.8, 4) is 0 Å². The molecule has 69 heavy (non-hydrogen) atoms. The topological polar surface area (TPSA) is 110 Å². The van der Waals surface area contributed by atoms with Crippen molar-refractivity contribution in [2.24, 2.45) is 85.2 Å². The van der Waals surface area contributed by atoms with Crippen molar-refractivity contribution >= 4 is 17.7 Å². The fourth-order valence-electron chi connectivity index (χ4n) is 19.0. The molecule has 0 aliphatic heterocycles. The van der Waals surface area contributed by atoms with Gasteiger partial charge < -0.3 is 19.7 Å². The van der Waals surface area contributed by atoms with Gasteiger partial charge in [0.15, 0.2) is 0 Å². The number of aliphatic hydroxyl groups is 2. The van der Waals surface area contributed by atoms with Crippen molar-refractivity contribution in [2.45, 2.75) is 237 Å². The molecular formula is C62H100O7. The van der Waals surface area contributed by atoms with Gasteiger partial charge in [-0.1, -0.05) is 91.7 Å². The molecule has 7 fully saturated rings. The van der Waals surface area contributed by atoms with Crippen LogP contribution in [-0.4, -0.2) is 52.9 Å². The number of rotatable bonds is 14. The SMILES string of the molecule is C/C(=C\CC/C(C)=C/CC[C@@H]1[C@@]2(C)CCC(=O)C(C)(C)[C@@H]2CC[C@@]1(C)O)CC/C=C(\C)C(=O)OCCOC(=O)[C@@]1(C)[C@H](O)CC[C@@]2(C)[C@H]1CC[C@]1(C)[C@@H]2CCC2[C@@H]3[C@@H](C)[C@H](C)CC[C@]3(C)CC[C@]21C. The molecule has 2 N–H and O–H groups in total. The predicted molar refractivity (Wildman–Crippen MR) is 279 cm³/mol. The molecule has 0 spiro atoms. The Morgan fingerprint density at radius 3 is 1.99 bits per heavy atom. The monoisotopic (exact) mass is 957 g/mol. The summed E-state index contributed by atoms with van der Waals surface area (Å²) in [5.74, 6) is 3.79. The maximum absolute atomic E-state index is 14.3. The first-order valence-corrected chi connectivity index (χ1v) is 28.4. The number of Topliss-reactive ketones (excluding diaryl/α,β-unsaturated/α-hetero) is 1. The minimum Gasteiger partial charge on any atom is -0.462 e. The third-order valence-electron chi connectivity index (χ3n) is 23.7. The van der Waals surface area contributed by atoms with E-state index in [4.69, 9.17) is 9.47 Å². The number of fused-ring (bicyclic) bond motifs is 8. The first-order chi connectivity index (χ1) is 32.1. The van der Waals surface area contributed by atoms with Gasteiger partial charge in [0.2, 0.25) is 0 Å². The Morgan fingerprint density at radius 1 is 0.652 bits per heavy atom. The molecule has 0 amide bonds. The number of allylic oxidation sites excluding steroid dienone is 5. The van der Waals surface area contributed by atoms with Crippen LogP contribution in [-0.2, 0) is 23.9 Å². The van der Waals surface area contributed by atoms with Crippen LogP contribution in [0.25, 0.3) is 0 Å². The molecular weight excluding hydrogens is 857 g/mol. The number of ether oxygens (including phenoxy) is 2. The lowest BCUT2D eigenvalue weighted by atomic mass is 9.31. The Bertz CT molecular complexity index is 2010. The minimum absolute atomic E-state index is 0.00772. The quantitative estimate of drug-likeness (QED) is 0.0772. The number of hydrogen-bond donors (Lipinski definition) is 2. The summed E-state index contributed by atoms with van der Waals surface area (Å²) in [5.41, 5.74) is 2.05. The molecule has 390 valence electrons. The summed E-state index contributed by atoms with van der Waals surface area (Å²) in [6.07, 6.45) is 26.0. The Hall–Kier alpha value is -2.25. The first kappa shape index (κ1) is 54.5. The normalized spacial score (nSPS) is 45.5. The molecule has 1 unspecified atom stereocenters. The standard InChI is InChI=1S/C62H100O7/c1-40(18-15-19-41(2)21-17-23-48-57(9)32-29-50(63)55(6,7)46(57)28-35-61(48,13)67)20-16-22-43(4)53(65)68-38-39-69-54(66)62(14)49-27-34-60(12)47(58(49,10)33-30-51(62)64)25-24-45-52-44(5)42(3)26-31-56(52,8)36-37-59(45,60)11/h18,21-22,42,44-49,51-52,64,67H,15-17,19-20,23-39H2,1-14H3/b40-18+,41-21+,43-22+/t42-,44+,45?,46+,47-,48-,49-,51-,52+,56-,57+,58-,59-,60-,61-,62-/m1/s1. The zero-order chi connectivity index (χ0) is 50.8. The lowest BCUT2D eigenvalue weighted by Crippen LogP contribution is -2.68. The summed E-state index contributed by atoms with van der Waals surface area (Å²) in [6.45, 7) is 32.2. The molecule has 7 rings (SSSR count). The van der Waals surface area contributed by atoms with Crippen LogP contribution in [0.5, 0.6) is 0 Å². The van der Waals surface area contributed by atoms with E-state index < -0.39 is 17.1 Å². The Kier molecular flexibility index (Phi) is 15.7. The van der Waals surface area contributed by atoms with E-state index in [-0.39, 0.29) is 64.1 Å². The summed E-state index contributed by atoms with van der Waals surface area (Å²) in [6, 6.07) is 0. The fraction of sp³-hybridized carbons (Fsp3) is 0.855. The Labute approximate surface area is 420 Å². The zero-order valence-corrected chi connectivity index (χ0v) is 46.4. The smallest absolute Gasteiger partial charge is 0.333 e. The summed E-state index contributed by atoms with van der Waals surface area (Å²) in [4.78, 5) is 40.1. The molecule has 0 aromatic heterocycles. The number of hydrogen-bond acceptors (Lipinski definition) is 7. The van der Waals surface area contributed by atoms with Crippen molar-refractivity contribution in [2.75, 3.05) is 13.2 Å². The van der Waals surface area contributed by atoms with E-state index in [2.05, 4.69) is 88.3 Å². The summed E-state index contributed by atoms with van der Waals surface area (Å²) < 4.78 is 11.6. The average molecular weight is 957 g/mol. The summed E-state index contributed by atoms with van der Waals surface area (Å²) >= 11 is 0. The number of carbonyl (C=O) groups is 3.